The number of fused-ring (bicyclic) bond motifs is 1. The van der Waals surface area contributed by atoms with Crippen molar-refractivity contribution in [1.29, 1.82) is 0 Å². The van der Waals surface area contributed by atoms with E-state index in [4.69, 9.17) is 13.9 Å². The van der Waals surface area contributed by atoms with Crippen LogP contribution >= 0.6 is 0 Å². The average molecular weight is 357 g/mol. The number of aryl methyl sites for hydroxylation is 1. The number of nitrogens with zero attached hydrogens (tertiary/aromatic N) is 3. The summed E-state index contributed by atoms with van der Waals surface area (Å²) >= 11 is 0. The summed E-state index contributed by atoms with van der Waals surface area (Å²) in [5, 5.41) is 8.03. The van der Waals surface area contributed by atoms with E-state index < -0.39 is 0 Å². The quantitative estimate of drug-likeness (QED) is 0.819. The predicted molar refractivity (Wildman–Crippen MR) is 92.7 cm³/mol. The molecule has 1 amide bonds. The summed E-state index contributed by atoms with van der Waals surface area (Å²) in [7, 11) is 0. The molecule has 1 unspecified atom stereocenters. The van der Waals surface area contributed by atoms with Crippen molar-refractivity contribution in [2.45, 2.75) is 46.1 Å². The van der Waals surface area contributed by atoms with E-state index in [2.05, 4.69) is 23.2 Å². The van der Waals surface area contributed by atoms with Crippen LogP contribution in [0.15, 0.2) is 22.6 Å². The number of benzene rings is 1. The van der Waals surface area contributed by atoms with Crippen LogP contribution in [0.1, 0.15) is 44.0 Å². The fourth-order valence-corrected chi connectivity index (χ4v) is 3.69. The minimum absolute atomic E-state index is 0.00475. The third-order valence-corrected chi connectivity index (χ3v) is 5.07. The van der Waals surface area contributed by atoms with Gasteiger partial charge in [-0.1, -0.05) is 19.9 Å². The van der Waals surface area contributed by atoms with Crippen LogP contribution < -0.4 is 9.47 Å². The van der Waals surface area contributed by atoms with Crippen LogP contribution in [0.5, 0.6) is 11.5 Å². The monoisotopic (exact) mass is 357 g/mol. The van der Waals surface area contributed by atoms with Crippen LogP contribution in [0, 0.1) is 5.41 Å². The summed E-state index contributed by atoms with van der Waals surface area (Å²) in [6, 6.07) is 6.07. The molecule has 0 saturated carbocycles. The number of hydrogen-bond donors (Lipinski definition) is 0. The van der Waals surface area contributed by atoms with Crippen molar-refractivity contribution in [3.05, 3.63) is 35.5 Å². The molecule has 3 heterocycles. The highest BCUT2D eigenvalue weighted by Gasteiger charge is 2.36. The van der Waals surface area contributed by atoms with Crippen LogP contribution in [0.2, 0.25) is 0 Å². The molecule has 7 heteroatoms. The number of ether oxygens (including phenoxy) is 2. The van der Waals surface area contributed by atoms with E-state index in [1.54, 1.807) is 0 Å². The van der Waals surface area contributed by atoms with E-state index >= 15 is 0 Å². The summed E-state index contributed by atoms with van der Waals surface area (Å²) in [6.07, 6.45) is 2.97. The Labute approximate surface area is 152 Å². The first-order valence-corrected chi connectivity index (χ1v) is 9.02. The molecule has 0 radical (unpaired) electrons. The van der Waals surface area contributed by atoms with Crippen molar-refractivity contribution < 1.29 is 18.7 Å². The van der Waals surface area contributed by atoms with Crippen LogP contribution in [-0.4, -0.2) is 34.3 Å². The fraction of sp³-hybridized carbons (Fsp3) is 0.526. The molecule has 2 aliphatic rings. The maximum absolute atomic E-state index is 12.4. The van der Waals surface area contributed by atoms with E-state index in [0.29, 0.717) is 37.7 Å². The number of rotatable bonds is 5. The summed E-state index contributed by atoms with van der Waals surface area (Å²) in [5.41, 5.74) is 1.19. The second-order valence-corrected chi connectivity index (χ2v) is 7.37. The van der Waals surface area contributed by atoms with E-state index in [9.17, 15) is 4.79 Å². The standard InChI is InChI=1S/C19H23N3O4/c1-3-16-20-21-17(26-16)10-22-11-19(2,7-6-18(22)23)9-13-4-5-14-15(8-13)25-12-24-14/h4-5,8H,3,6-7,9-12H2,1-2H3. The Morgan fingerprint density at radius 3 is 2.81 bits per heavy atom. The Balaban J connectivity index is 1.46. The van der Waals surface area contributed by atoms with Gasteiger partial charge in [0.05, 0.1) is 6.54 Å². The number of aromatic nitrogens is 2. The van der Waals surface area contributed by atoms with Gasteiger partial charge in [-0.05, 0) is 36.0 Å². The van der Waals surface area contributed by atoms with E-state index in [0.717, 1.165) is 24.3 Å². The highest BCUT2D eigenvalue weighted by Crippen LogP contribution is 2.38. The molecule has 0 N–H and O–H groups in total. The molecule has 7 nitrogen and oxygen atoms in total. The van der Waals surface area contributed by atoms with E-state index in [-0.39, 0.29) is 18.1 Å². The van der Waals surface area contributed by atoms with Crippen LogP contribution in [0.3, 0.4) is 0 Å². The van der Waals surface area contributed by atoms with Gasteiger partial charge in [0, 0.05) is 19.4 Å². The number of piperidine rings is 1. The molecule has 1 aromatic heterocycles. The molecule has 1 atom stereocenters. The molecule has 0 spiro atoms. The fourth-order valence-electron chi connectivity index (χ4n) is 3.69. The lowest BCUT2D eigenvalue weighted by molar-refractivity contribution is -0.138. The summed E-state index contributed by atoms with van der Waals surface area (Å²) < 4.78 is 16.4. The number of carbonyl (C=O) groups excluding carboxylic acids is 1. The maximum atomic E-state index is 12.4. The van der Waals surface area contributed by atoms with Crippen LogP contribution in [-0.2, 0) is 24.2 Å². The zero-order chi connectivity index (χ0) is 18.1. The van der Waals surface area contributed by atoms with Crippen LogP contribution in [0.25, 0.3) is 0 Å². The van der Waals surface area contributed by atoms with Crippen molar-refractivity contribution >= 4 is 5.91 Å². The van der Waals surface area contributed by atoms with Crippen molar-refractivity contribution in [3.63, 3.8) is 0 Å². The van der Waals surface area contributed by atoms with Gasteiger partial charge < -0.3 is 18.8 Å². The van der Waals surface area contributed by atoms with E-state index in [1.165, 1.54) is 5.56 Å². The van der Waals surface area contributed by atoms with Gasteiger partial charge in [-0.2, -0.15) is 0 Å². The molecule has 0 bridgehead atoms. The minimum atomic E-state index is -0.00475. The molecule has 1 saturated heterocycles. The summed E-state index contributed by atoms with van der Waals surface area (Å²) in [5.74, 6) is 2.84. The third kappa shape index (κ3) is 3.38. The zero-order valence-electron chi connectivity index (χ0n) is 15.2. The second-order valence-electron chi connectivity index (χ2n) is 7.37. The van der Waals surface area contributed by atoms with Gasteiger partial charge in [-0.25, -0.2) is 0 Å². The molecule has 26 heavy (non-hydrogen) atoms. The van der Waals surface area contributed by atoms with Gasteiger partial charge in [-0.15, -0.1) is 10.2 Å². The Bertz CT molecular complexity index is 819. The van der Waals surface area contributed by atoms with Gasteiger partial charge in [0.2, 0.25) is 24.5 Å². The van der Waals surface area contributed by atoms with Crippen LogP contribution in [0.4, 0.5) is 0 Å². The average Bonchev–Trinajstić information content (AvgIpc) is 3.27. The Hall–Kier alpha value is -2.57. The smallest absolute Gasteiger partial charge is 0.235 e. The van der Waals surface area contributed by atoms with Crippen molar-refractivity contribution in [2.24, 2.45) is 5.41 Å². The normalized spacial score (nSPS) is 22.1. The Morgan fingerprint density at radius 2 is 2.00 bits per heavy atom. The first-order valence-electron chi connectivity index (χ1n) is 9.02. The Kier molecular flexibility index (Phi) is 4.30. The molecular weight excluding hydrogens is 334 g/mol. The number of amides is 1. The number of hydrogen-bond acceptors (Lipinski definition) is 6. The molecular formula is C19H23N3O4. The third-order valence-electron chi connectivity index (χ3n) is 5.07. The first-order chi connectivity index (χ1) is 12.5. The molecule has 138 valence electrons. The number of likely N-dealkylation sites (tertiary alicyclic amines) is 1. The van der Waals surface area contributed by atoms with E-state index in [1.807, 2.05) is 24.0 Å². The zero-order valence-corrected chi connectivity index (χ0v) is 15.2. The summed E-state index contributed by atoms with van der Waals surface area (Å²) in [4.78, 5) is 14.2. The van der Waals surface area contributed by atoms with Gasteiger partial charge in [0.15, 0.2) is 11.5 Å². The first kappa shape index (κ1) is 16.9. The molecule has 1 fully saturated rings. The lowest BCUT2D eigenvalue weighted by Gasteiger charge is -2.40. The lowest BCUT2D eigenvalue weighted by atomic mass is 9.76. The van der Waals surface area contributed by atoms with Gasteiger partial charge in [0.25, 0.3) is 0 Å². The van der Waals surface area contributed by atoms with Crippen molar-refractivity contribution in [2.75, 3.05) is 13.3 Å². The largest absolute Gasteiger partial charge is 0.454 e. The van der Waals surface area contributed by atoms with Gasteiger partial charge in [0.1, 0.15) is 0 Å². The van der Waals surface area contributed by atoms with Crippen molar-refractivity contribution in [3.8, 4) is 11.5 Å². The van der Waals surface area contributed by atoms with Gasteiger partial charge >= 0.3 is 0 Å². The topological polar surface area (TPSA) is 77.7 Å². The maximum Gasteiger partial charge on any atom is 0.235 e. The minimum Gasteiger partial charge on any atom is -0.454 e. The molecule has 2 aromatic rings. The van der Waals surface area contributed by atoms with Crippen molar-refractivity contribution in [1.82, 2.24) is 15.1 Å². The molecule has 0 aliphatic carbocycles. The lowest BCUT2D eigenvalue weighted by Crippen LogP contribution is -2.45. The SMILES string of the molecule is CCc1nnc(CN2CC(C)(Cc3ccc4c(c3)OCO4)CCC2=O)o1. The molecule has 4 rings (SSSR count). The molecule has 1 aromatic carbocycles. The highest BCUT2D eigenvalue weighted by molar-refractivity contribution is 5.77. The van der Waals surface area contributed by atoms with Gasteiger partial charge in [-0.3, -0.25) is 4.79 Å². The highest BCUT2D eigenvalue weighted by atomic mass is 16.7. The Morgan fingerprint density at radius 1 is 1.19 bits per heavy atom. The number of carbonyl (C=O) groups is 1. The second kappa shape index (κ2) is 6.63. The molecule has 2 aliphatic heterocycles. The predicted octanol–water partition coefficient (Wildman–Crippen LogP) is 2.73. The summed E-state index contributed by atoms with van der Waals surface area (Å²) in [6.45, 7) is 5.52.